The van der Waals surface area contributed by atoms with E-state index >= 15 is 0 Å². The summed E-state index contributed by atoms with van der Waals surface area (Å²) in [5, 5.41) is 5.08. The number of halogens is 2. The van der Waals surface area contributed by atoms with Crippen LogP contribution in [0.1, 0.15) is 10.5 Å². The van der Waals surface area contributed by atoms with Crippen LogP contribution in [0.2, 0.25) is 10.3 Å². The third-order valence-electron chi connectivity index (χ3n) is 1.33. The fourth-order valence-corrected chi connectivity index (χ4v) is 0.998. The minimum Gasteiger partial charge on any atom is -0.382 e. The Morgan fingerprint density at radius 2 is 2.00 bits per heavy atom. The lowest BCUT2D eigenvalue weighted by molar-refractivity contribution is 0.0974. The minimum atomic E-state index is -0.632. The van der Waals surface area contributed by atoms with Crippen molar-refractivity contribution in [2.45, 2.75) is 0 Å². The molecule has 5 N–H and O–H groups in total. The van der Waals surface area contributed by atoms with Crippen LogP contribution in [0.5, 0.6) is 0 Å². The average Bonchev–Trinajstić information content (AvgIpc) is 2.20. The second kappa shape index (κ2) is 4.76. The molecule has 1 heterocycles. The van der Waals surface area contributed by atoms with Gasteiger partial charge in [-0.25, -0.2) is 9.97 Å². The van der Waals surface area contributed by atoms with Crippen LogP contribution in [0.3, 0.4) is 0 Å². The van der Waals surface area contributed by atoms with Crippen LogP contribution >= 0.6 is 23.2 Å². The van der Waals surface area contributed by atoms with Gasteiger partial charge in [0.15, 0.2) is 21.8 Å². The number of hydrogen-bond donors (Lipinski definition) is 3. The standard InChI is InChI=1S/C6H6Cl2N6O/c7-3-4(8)14-5(9)2(13-3)6(15)11-1-12-10/h1H,10H2,(H2,9,14)(H,11,12,15). The number of aromatic nitrogens is 2. The van der Waals surface area contributed by atoms with Crippen LogP contribution in [0, 0.1) is 0 Å². The molecule has 0 radical (unpaired) electrons. The van der Waals surface area contributed by atoms with E-state index in [9.17, 15) is 4.79 Å². The largest absolute Gasteiger partial charge is 0.382 e. The first kappa shape index (κ1) is 11.5. The molecule has 1 rings (SSSR count). The van der Waals surface area contributed by atoms with Gasteiger partial charge < -0.3 is 16.9 Å². The number of amides is 1. The lowest BCUT2D eigenvalue weighted by Gasteiger charge is -2.03. The van der Waals surface area contributed by atoms with Crippen LogP contribution in [-0.2, 0) is 0 Å². The number of carbonyl (C=O) groups is 1. The molecule has 0 aliphatic carbocycles. The first-order valence-corrected chi connectivity index (χ1v) is 4.33. The Morgan fingerprint density at radius 3 is 2.60 bits per heavy atom. The Labute approximate surface area is 94.5 Å². The summed E-state index contributed by atoms with van der Waals surface area (Å²) < 4.78 is 0. The van der Waals surface area contributed by atoms with Gasteiger partial charge in [0.25, 0.3) is 5.91 Å². The van der Waals surface area contributed by atoms with Gasteiger partial charge in [-0.05, 0) is 0 Å². The van der Waals surface area contributed by atoms with Gasteiger partial charge in [-0.3, -0.25) is 4.79 Å². The van der Waals surface area contributed by atoms with E-state index in [1.165, 1.54) is 0 Å². The van der Waals surface area contributed by atoms with Crippen LogP contribution in [0.15, 0.2) is 5.10 Å². The van der Waals surface area contributed by atoms with Gasteiger partial charge in [0.2, 0.25) is 0 Å². The van der Waals surface area contributed by atoms with Crippen LogP contribution in [-0.4, -0.2) is 22.2 Å². The second-order valence-electron chi connectivity index (χ2n) is 2.29. The quantitative estimate of drug-likeness (QED) is 0.295. The van der Waals surface area contributed by atoms with E-state index in [-0.39, 0.29) is 21.8 Å². The monoisotopic (exact) mass is 248 g/mol. The molecule has 0 saturated heterocycles. The molecule has 15 heavy (non-hydrogen) atoms. The van der Waals surface area contributed by atoms with E-state index in [2.05, 4.69) is 20.4 Å². The predicted molar refractivity (Wildman–Crippen MR) is 56.6 cm³/mol. The maximum atomic E-state index is 11.3. The zero-order valence-electron chi connectivity index (χ0n) is 7.24. The number of rotatable bonds is 2. The maximum absolute atomic E-state index is 11.3. The first-order valence-electron chi connectivity index (χ1n) is 3.57. The smallest absolute Gasteiger partial charge is 0.278 e. The van der Waals surface area contributed by atoms with Crippen molar-refractivity contribution >= 4 is 41.3 Å². The highest BCUT2D eigenvalue weighted by Gasteiger charge is 2.15. The van der Waals surface area contributed by atoms with E-state index in [0.29, 0.717) is 0 Å². The Morgan fingerprint density at radius 1 is 1.40 bits per heavy atom. The van der Waals surface area contributed by atoms with Crippen LogP contribution in [0.4, 0.5) is 5.82 Å². The summed E-state index contributed by atoms with van der Waals surface area (Å²) in [6.07, 6.45) is 0.978. The van der Waals surface area contributed by atoms with Crippen molar-refractivity contribution in [2.24, 2.45) is 10.9 Å². The molecule has 0 unspecified atom stereocenters. The van der Waals surface area contributed by atoms with Crippen molar-refractivity contribution in [3.63, 3.8) is 0 Å². The van der Waals surface area contributed by atoms with E-state index in [1.807, 2.05) is 0 Å². The van der Waals surface area contributed by atoms with Gasteiger partial charge in [-0.1, -0.05) is 23.2 Å². The molecule has 1 aromatic heterocycles. The molecular weight excluding hydrogens is 243 g/mol. The zero-order valence-corrected chi connectivity index (χ0v) is 8.75. The number of hydrazone groups is 1. The van der Waals surface area contributed by atoms with E-state index in [1.54, 1.807) is 0 Å². The predicted octanol–water partition coefficient (Wildman–Crippen LogP) is -0.00260. The average molecular weight is 249 g/mol. The molecule has 0 atom stereocenters. The molecule has 0 saturated carbocycles. The number of anilines is 1. The highest BCUT2D eigenvalue weighted by molar-refractivity contribution is 6.40. The Balaban J connectivity index is 3.04. The van der Waals surface area contributed by atoms with Gasteiger partial charge in [0.1, 0.15) is 6.34 Å². The molecule has 0 fully saturated rings. The summed E-state index contributed by atoms with van der Waals surface area (Å²) in [6.45, 7) is 0. The molecule has 80 valence electrons. The van der Waals surface area contributed by atoms with Crippen LogP contribution < -0.4 is 16.9 Å². The topological polar surface area (TPSA) is 119 Å². The highest BCUT2D eigenvalue weighted by Crippen LogP contribution is 2.19. The molecule has 0 spiro atoms. The van der Waals surface area contributed by atoms with E-state index in [4.69, 9.17) is 34.8 Å². The number of hydrogen-bond acceptors (Lipinski definition) is 6. The molecule has 9 heteroatoms. The molecule has 0 aromatic carbocycles. The Kier molecular flexibility index (Phi) is 3.64. The first-order chi connectivity index (χ1) is 7.06. The van der Waals surface area contributed by atoms with Gasteiger partial charge in [-0.15, -0.1) is 0 Å². The van der Waals surface area contributed by atoms with Crippen molar-refractivity contribution in [3.8, 4) is 0 Å². The normalized spacial score (nSPS) is 10.5. The lowest BCUT2D eigenvalue weighted by Crippen LogP contribution is -2.25. The number of nitrogen functional groups attached to an aromatic ring is 1. The van der Waals surface area contributed by atoms with Crippen LogP contribution in [0.25, 0.3) is 0 Å². The van der Waals surface area contributed by atoms with Crippen molar-refractivity contribution < 1.29 is 4.79 Å². The van der Waals surface area contributed by atoms with Crippen molar-refractivity contribution in [2.75, 3.05) is 5.73 Å². The third kappa shape index (κ3) is 2.67. The molecule has 1 aromatic rings. The number of nitrogens with two attached hydrogens (primary N) is 2. The number of carbonyl (C=O) groups excluding carboxylic acids is 1. The van der Waals surface area contributed by atoms with Gasteiger partial charge in [0, 0.05) is 0 Å². The van der Waals surface area contributed by atoms with E-state index < -0.39 is 5.91 Å². The lowest BCUT2D eigenvalue weighted by atomic mass is 10.4. The third-order valence-corrected chi connectivity index (χ3v) is 1.95. The summed E-state index contributed by atoms with van der Waals surface area (Å²) in [6, 6.07) is 0. The zero-order chi connectivity index (χ0) is 11.4. The molecule has 0 bridgehead atoms. The summed E-state index contributed by atoms with van der Waals surface area (Å²) in [7, 11) is 0. The second-order valence-corrected chi connectivity index (χ2v) is 3.01. The highest BCUT2D eigenvalue weighted by atomic mass is 35.5. The summed E-state index contributed by atoms with van der Waals surface area (Å²) in [5.74, 6) is 4.02. The fourth-order valence-electron chi connectivity index (χ4n) is 0.738. The maximum Gasteiger partial charge on any atom is 0.278 e. The molecule has 0 aliphatic rings. The van der Waals surface area contributed by atoms with Crippen molar-refractivity contribution in [3.05, 3.63) is 16.0 Å². The molecule has 0 aliphatic heterocycles. The number of nitrogens with one attached hydrogen (secondary N) is 1. The molecule has 7 nitrogen and oxygen atoms in total. The fraction of sp³-hybridized carbons (Fsp3) is 0. The van der Waals surface area contributed by atoms with Crippen molar-refractivity contribution in [1.82, 2.24) is 15.3 Å². The Bertz CT molecular complexity index is 420. The Hall–Kier alpha value is -1.60. The van der Waals surface area contributed by atoms with Gasteiger partial charge in [-0.2, -0.15) is 5.10 Å². The summed E-state index contributed by atoms with van der Waals surface area (Å²) in [4.78, 5) is 18.6. The van der Waals surface area contributed by atoms with Gasteiger partial charge in [0.05, 0.1) is 0 Å². The molecular formula is C6H6Cl2N6O. The SMILES string of the molecule is NN=CNC(=O)c1nc(Cl)c(Cl)nc1N. The summed E-state index contributed by atoms with van der Waals surface area (Å²) in [5.41, 5.74) is 5.26. The van der Waals surface area contributed by atoms with E-state index in [0.717, 1.165) is 6.34 Å². The van der Waals surface area contributed by atoms with Gasteiger partial charge >= 0.3 is 0 Å². The number of nitrogens with zero attached hydrogens (tertiary/aromatic N) is 3. The summed E-state index contributed by atoms with van der Waals surface area (Å²) >= 11 is 11.1. The van der Waals surface area contributed by atoms with Crippen molar-refractivity contribution in [1.29, 1.82) is 0 Å². The minimum absolute atomic E-state index is 0.0711. The molecule has 1 amide bonds.